The number of rotatable bonds is 9. The normalized spacial score (nSPS) is 14.6. The smallest absolute Gasteiger partial charge is 0.172 e. The molecule has 0 atom stereocenters. The molecule has 0 radical (unpaired) electrons. The minimum Gasteiger partial charge on any atom is -0.496 e. The molecule has 1 aliphatic rings. The van der Waals surface area contributed by atoms with Crippen molar-refractivity contribution in [3.8, 4) is 11.8 Å². The predicted molar refractivity (Wildman–Crippen MR) is 163 cm³/mol. The van der Waals surface area contributed by atoms with E-state index in [0.29, 0.717) is 16.3 Å². The van der Waals surface area contributed by atoms with Gasteiger partial charge in [0.1, 0.15) is 11.8 Å². The van der Waals surface area contributed by atoms with Crippen LogP contribution in [0.3, 0.4) is 0 Å². The van der Waals surface area contributed by atoms with E-state index in [4.69, 9.17) is 16.3 Å². The lowest BCUT2D eigenvalue weighted by Gasteiger charge is -2.32. The minimum atomic E-state index is 0.438. The van der Waals surface area contributed by atoms with Crippen molar-refractivity contribution in [2.24, 2.45) is 7.05 Å². The second-order valence-corrected chi connectivity index (χ2v) is 11.2. The number of imidazole rings is 1. The first-order valence-corrected chi connectivity index (χ1v) is 14.3. The molecule has 1 aliphatic heterocycles. The largest absolute Gasteiger partial charge is 0.496 e. The summed E-state index contributed by atoms with van der Waals surface area (Å²) < 4.78 is 7.69. The van der Waals surface area contributed by atoms with Crippen molar-refractivity contribution in [2.45, 2.75) is 16.5 Å². The molecular weight excluding hydrogens is 542 g/mol. The molecule has 1 fully saturated rings. The Morgan fingerprint density at radius 1 is 1.15 bits per heavy atom. The number of piperazine rings is 1. The van der Waals surface area contributed by atoms with E-state index in [2.05, 4.69) is 50.4 Å². The number of fused-ring (bicyclic) bond motifs is 1. The number of aromatic nitrogens is 3. The van der Waals surface area contributed by atoms with E-state index in [1.165, 1.54) is 11.8 Å². The molecule has 0 aliphatic carbocycles. The van der Waals surface area contributed by atoms with Crippen LogP contribution in [-0.4, -0.2) is 71.2 Å². The number of anilines is 2. The van der Waals surface area contributed by atoms with E-state index >= 15 is 0 Å². The van der Waals surface area contributed by atoms with Crippen molar-refractivity contribution in [2.75, 3.05) is 52.2 Å². The second kappa shape index (κ2) is 12.7. The third-order valence-electron chi connectivity index (χ3n) is 7.02. The summed E-state index contributed by atoms with van der Waals surface area (Å²) in [6.07, 6.45) is 10.5. The Kier molecular flexibility index (Phi) is 8.92. The SMILES string of the molecule is COc1cc2c(Nc3ccc(Sc4nccn4C)c(Cl)c3)c(C#N)cnc2cc1C=CCCN1CCN(C)CC1. The van der Waals surface area contributed by atoms with Gasteiger partial charge in [0.15, 0.2) is 5.16 Å². The van der Waals surface area contributed by atoms with Gasteiger partial charge in [0, 0.05) is 79.9 Å². The van der Waals surface area contributed by atoms with Crippen LogP contribution in [0.4, 0.5) is 11.4 Å². The maximum atomic E-state index is 9.85. The standard InChI is InChI=1S/C30H32ClN7OS/c1-36-12-14-38(15-13-36)10-5-4-6-21-16-26-24(18-27(21)39-3)29(22(19-32)20-34-26)35-23-7-8-28(25(31)17-23)40-30-33-9-11-37(30)2/h4,6-9,11,16-18,20H,5,10,12-15H2,1-3H3,(H,34,35). The van der Waals surface area contributed by atoms with Crippen LogP contribution in [0, 0.1) is 11.3 Å². The monoisotopic (exact) mass is 573 g/mol. The van der Waals surface area contributed by atoms with Gasteiger partial charge < -0.3 is 24.4 Å². The fourth-order valence-corrected chi connectivity index (χ4v) is 5.76. The lowest BCUT2D eigenvalue weighted by atomic mass is 10.0. The molecule has 4 aromatic rings. The Morgan fingerprint density at radius 2 is 1.98 bits per heavy atom. The maximum Gasteiger partial charge on any atom is 0.172 e. The number of methoxy groups -OCH3 is 1. The van der Waals surface area contributed by atoms with Gasteiger partial charge in [-0.2, -0.15) is 5.26 Å². The molecule has 1 saturated heterocycles. The van der Waals surface area contributed by atoms with E-state index in [0.717, 1.165) is 77.1 Å². The molecule has 206 valence electrons. The summed E-state index contributed by atoms with van der Waals surface area (Å²) in [6.45, 7) is 5.51. The molecule has 0 bridgehead atoms. The topological polar surface area (TPSA) is 82.2 Å². The Hall–Kier alpha value is -3.55. The average Bonchev–Trinajstić information content (AvgIpc) is 3.37. The van der Waals surface area contributed by atoms with Crippen LogP contribution in [0.5, 0.6) is 5.75 Å². The van der Waals surface area contributed by atoms with Crippen molar-refractivity contribution >= 4 is 51.7 Å². The Balaban J connectivity index is 1.37. The number of benzene rings is 2. The van der Waals surface area contributed by atoms with Gasteiger partial charge in [0.2, 0.25) is 0 Å². The molecule has 0 spiro atoms. The second-order valence-electron chi connectivity index (χ2n) is 9.80. The van der Waals surface area contributed by atoms with Crippen molar-refractivity contribution in [3.05, 3.63) is 71.1 Å². The average molecular weight is 574 g/mol. The van der Waals surface area contributed by atoms with Crippen molar-refractivity contribution in [1.82, 2.24) is 24.3 Å². The zero-order chi connectivity index (χ0) is 28.1. The number of nitrogens with one attached hydrogen (secondary N) is 1. The first-order valence-electron chi connectivity index (χ1n) is 13.1. The van der Waals surface area contributed by atoms with Gasteiger partial charge in [0.25, 0.3) is 0 Å². The number of hydrogen-bond acceptors (Lipinski definition) is 8. The molecule has 0 amide bonds. The first kappa shape index (κ1) is 28.0. The fraction of sp³-hybridized carbons (Fsp3) is 0.300. The summed E-state index contributed by atoms with van der Waals surface area (Å²) in [5.41, 5.74) is 3.60. The van der Waals surface area contributed by atoms with Crippen LogP contribution in [0.15, 0.2) is 65.1 Å². The van der Waals surface area contributed by atoms with Crippen LogP contribution < -0.4 is 10.1 Å². The van der Waals surface area contributed by atoms with E-state index in [-0.39, 0.29) is 0 Å². The summed E-state index contributed by atoms with van der Waals surface area (Å²) >= 11 is 8.13. The molecule has 40 heavy (non-hydrogen) atoms. The molecule has 3 heterocycles. The van der Waals surface area contributed by atoms with E-state index in [1.807, 2.05) is 48.1 Å². The molecule has 1 N–H and O–H groups in total. The van der Waals surface area contributed by atoms with E-state index in [9.17, 15) is 5.26 Å². The number of nitrogens with zero attached hydrogens (tertiary/aromatic N) is 6. The molecular formula is C30H32ClN7OS. The number of halogens is 1. The van der Waals surface area contributed by atoms with Crippen molar-refractivity contribution < 1.29 is 4.74 Å². The highest BCUT2D eigenvalue weighted by molar-refractivity contribution is 7.99. The molecule has 5 rings (SSSR count). The number of hydrogen-bond donors (Lipinski definition) is 1. The quantitative estimate of drug-likeness (QED) is 0.259. The van der Waals surface area contributed by atoms with Crippen LogP contribution in [0.1, 0.15) is 17.5 Å². The molecule has 0 saturated carbocycles. The van der Waals surface area contributed by atoms with Gasteiger partial charge in [-0.05, 0) is 43.8 Å². The number of nitriles is 1. The maximum absolute atomic E-state index is 9.85. The zero-order valence-electron chi connectivity index (χ0n) is 22.9. The Labute approximate surface area is 244 Å². The predicted octanol–water partition coefficient (Wildman–Crippen LogP) is 6.05. The summed E-state index contributed by atoms with van der Waals surface area (Å²) in [4.78, 5) is 14.7. The Bertz CT molecular complexity index is 1570. The van der Waals surface area contributed by atoms with Crippen molar-refractivity contribution in [1.29, 1.82) is 5.26 Å². The molecule has 8 nitrogen and oxygen atoms in total. The summed E-state index contributed by atoms with van der Waals surface area (Å²) in [5.74, 6) is 0.725. The van der Waals surface area contributed by atoms with Crippen molar-refractivity contribution in [3.63, 3.8) is 0 Å². The third-order valence-corrected chi connectivity index (χ3v) is 8.60. The first-order chi connectivity index (χ1) is 19.4. The highest BCUT2D eigenvalue weighted by Gasteiger charge is 2.15. The van der Waals surface area contributed by atoms with Gasteiger partial charge in [-0.3, -0.25) is 4.98 Å². The van der Waals surface area contributed by atoms with Gasteiger partial charge in [-0.25, -0.2) is 4.98 Å². The minimum absolute atomic E-state index is 0.438. The van der Waals surface area contributed by atoms with Gasteiger partial charge in [0.05, 0.1) is 28.9 Å². The number of ether oxygens (including phenoxy) is 1. The molecule has 2 aromatic heterocycles. The summed E-state index contributed by atoms with van der Waals surface area (Å²) in [7, 11) is 5.78. The Morgan fingerprint density at radius 3 is 2.67 bits per heavy atom. The molecule has 0 unspecified atom stereocenters. The highest BCUT2D eigenvalue weighted by Crippen LogP contribution is 2.37. The zero-order valence-corrected chi connectivity index (χ0v) is 24.5. The van der Waals surface area contributed by atoms with E-state index < -0.39 is 0 Å². The van der Waals surface area contributed by atoms with Crippen LogP contribution >= 0.6 is 23.4 Å². The lowest BCUT2D eigenvalue weighted by Crippen LogP contribution is -2.44. The van der Waals surface area contributed by atoms with Crippen LogP contribution in [0.25, 0.3) is 17.0 Å². The molecule has 2 aromatic carbocycles. The van der Waals surface area contributed by atoms with Crippen LogP contribution in [-0.2, 0) is 7.05 Å². The van der Waals surface area contributed by atoms with Gasteiger partial charge >= 0.3 is 0 Å². The lowest BCUT2D eigenvalue weighted by molar-refractivity contribution is 0.156. The summed E-state index contributed by atoms with van der Waals surface area (Å²) in [6, 6.07) is 12.0. The summed E-state index contributed by atoms with van der Waals surface area (Å²) in [5, 5.41) is 15.5. The van der Waals surface area contributed by atoms with Gasteiger partial charge in [-0.1, -0.05) is 35.5 Å². The number of likely N-dealkylation sites (N-methyl/N-ethyl adjacent to an activating group) is 1. The van der Waals surface area contributed by atoms with Gasteiger partial charge in [-0.15, -0.1) is 0 Å². The van der Waals surface area contributed by atoms with E-state index in [1.54, 1.807) is 19.5 Å². The number of aryl methyl sites for hydroxylation is 1. The third kappa shape index (κ3) is 6.43. The van der Waals surface area contributed by atoms with Crippen LogP contribution in [0.2, 0.25) is 5.02 Å². The number of pyridine rings is 1. The molecule has 10 heteroatoms. The highest BCUT2D eigenvalue weighted by atomic mass is 35.5. The fourth-order valence-electron chi connectivity index (χ4n) is 4.65.